The Balaban J connectivity index is 4.49. The maximum absolute atomic E-state index is 12.8. The van der Waals surface area contributed by atoms with Gasteiger partial charge in [0, 0.05) is 19.3 Å². The van der Waals surface area contributed by atoms with Crippen LogP contribution in [0.4, 0.5) is 0 Å². The molecule has 1 unspecified atom stereocenters. The van der Waals surface area contributed by atoms with Gasteiger partial charge in [-0.3, -0.25) is 14.4 Å². The van der Waals surface area contributed by atoms with Crippen LogP contribution >= 0.6 is 0 Å². The van der Waals surface area contributed by atoms with E-state index in [0.29, 0.717) is 19.3 Å². The third-order valence-corrected chi connectivity index (χ3v) is 12.0. The van der Waals surface area contributed by atoms with Gasteiger partial charge in [0.25, 0.3) is 0 Å². The van der Waals surface area contributed by atoms with E-state index >= 15 is 0 Å². The second-order valence-electron chi connectivity index (χ2n) is 18.8. The van der Waals surface area contributed by atoms with Crippen LogP contribution in [0.3, 0.4) is 0 Å². The summed E-state index contributed by atoms with van der Waals surface area (Å²) in [6.45, 7) is 6.44. The summed E-state index contributed by atoms with van der Waals surface area (Å²) in [5.41, 5.74) is 0. The maximum atomic E-state index is 12.8. The molecule has 0 aliphatic heterocycles. The summed E-state index contributed by atoms with van der Waals surface area (Å²) in [6, 6.07) is 0. The van der Waals surface area contributed by atoms with Gasteiger partial charge in [0.2, 0.25) is 0 Å². The predicted octanol–water partition coefficient (Wildman–Crippen LogP) is 19.5. The second-order valence-corrected chi connectivity index (χ2v) is 18.8. The van der Waals surface area contributed by atoms with Gasteiger partial charge < -0.3 is 14.2 Å². The third-order valence-electron chi connectivity index (χ3n) is 12.0. The Morgan fingerprint density at radius 1 is 0.300 bits per heavy atom. The molecule has 0 aromatic heterocycles. The predicted molar refractivity (Wildman–Crippen MR) is 302 cm³/mol. The largest absolute Gasteiger partial charge is 0.462 e. The van der Waals surface area contributed by atoms with Crippen molar-refractivity contribution in [2.45, 2.75) is 264 Å². The zero-order valence-corrected chi connectivity index (χ0v) is 45.5. The number of esters is 3. The fourth-order valence-corrected chi connectivity index (χ4v) is 7.71. The van der Waals surface area contributed by atoms with Gasteiger partial charge in [0.05, 0.1) is 0 Å². The van der Waals surface area contributed by atoms with Gasteiger partial charge in [0.1, 0.15) is 13.2 Å². The minimum atomic E-state index is -0.824. The van der Waals surface area contributed by atoms with Crippen molar-refractivity contribution in [2.75, 3.05) is 13.2 Å². The van der Waals surface area contributed by atoms with Crippen LogP contribution in [0.1, 0.15) is 258 Å². The number of carbonyl (C=O) groups excluding carboxylic acids is 3. The van der Waals surface area contributed by atoms with E-state index in [2.05, 4.69) is 118 Å². The molecule has 0 N–H and O–H groups in total. The lowest BCUT2D eigenvalue weighted by Crippen LogP contribution is -2.30. The van der Waals surface area contributed by atoms with E-state index in [-0.39, 0.29) is 31.6 Å². The van der Waals surface area contributed by atoms with Gasteiger partial charge in [-0.15, -0.1) is 0 Å². The molecule has 0 aromatic rings. The smallest absolute Gasteiger partial charge is 0.306 e. The molecule has 0 aliphatic rings. The van der Waals surface area contributed by atoms with Crippen molar-refractivity contribution in [1.29, 1.82) is 0 Å². The summed E-state index contributed by atoms with van der Waals surface area (Å²) < 4.78 is 16.8. The van der Waals surface area contributed by atoms with E-state index in [4.69, 9.17) is 14.2 Å². The Kier molecular flexibility index (Phi) is 54.4. The van der Waals surface area contributed by atoms with Crippen molar-refractivity contribution in [3.63, 3.8) is 0 Å². The summed E-state index contributed by atoms with van der Waals surface area (Å²) in [6.07, 6.45) is 78.0. The molecule has 0 saturated carbocycles. The topological polar surface area (TPSA) is 78.9 Å². The van der Waals surface area contributed by atoms with E-state index < -0.39 is 12.1 Å². The van der Waals surface area contributed by atoms with Crippen LogP contribution in [0.15, 0.2) is 109 Å². The Morgan fingerprint density at radius 3 is 0.929 bits per heavy atom. The second kappa shape index (κ2) is 57.6. The molecule has 0 fully saturated rings. The molecular weight excluding hydrogens is 865 g/mol. The Hall–Kier alpha value is -3.93. The molecule has 0 rings (SSSR count). The molecule has 0 heterocycles. The quantitative estimate of drug-likeness (QED) is 0.0262. The lowest BCUT2D eigenvalue weighted by Gasteiger charge is -2.18. The highest BCUT2D eigenvalue weighted by Gasteiger charge is 2.19. The normalized spacial score (nSPS) is 12.9. The zero-order chi connectivity index (χ0) is 50.7. The van der Waals surface area contributed by atoms with Crippen LogP contribution < -0.4 is 0 Å². The van der Waals surface area contributed by atoms with Gasteiger partial charge in [-0.05, 0) is 96.3 Å². The number of ether oxygens (including phenoxy) is 3. The van der Waals surface area contributed by atoms with Gasteiger partial charge >= 0.3 is 17.9 Å². The highest BCUT2D eigenvalue weighted by molar-refractivity contribution is 5.71. The minimum Gasteiger partial charge on any atom is -0.462 e. The fraction of sp³-hybridized carbons (Fsp3) is 0.672. The molecule has 0 amide bonds. The lowest BCUT2D eigenvalue weighted by molar-refractivity contribution is -0.166. The van der Waals surface area contributed by atoms with Crippen LogP contribution in [0, 0.1) is 0 Å². The van der Waals surface area contributed by atoms with Crippen molar-refractivity contribution >= 4 is 17.9 Å². The molecule has 6 heteroatoms. The first kappa shape index (κ1) is 66.1. The summed E-state index contributed by atoms with van der Waals surface area (Å²) >= 11 is 0. The summed E-state index contributed by atoms with van der Waals surface area (Å²) in [5, 5.41) is 0. The van der Waals surface area contributed by atoms with Crippen LogP contribution in [-0.4, -0.2) is 37.2 Å². The lowest BCUT2D eigenvalue weighted by atomic mass is 10.0. The van der Waals surface area contributed by atoms with Crippen molar-refractivity contribution in [1.82, 2.24) is 0 Å². The van der Waals surface area contributed by atoms with Crippen molar-refractivity contribution in [3.05, 3.63) is 109 Å². The Morgan fingerprint density at radius 2 is 0.586 bits per heavy atom. The average molecular weight is 972 g/mol. The van der Waals surface area contributed by atoms with Gasteiger partial charge in [0.15, 0.2) is 6.10 Å². The first-order valence-corrected chi connectivity index (χ1v) is 28.9. The van der Waals surface area contributed by atoms with E-state index in [1.165, 1.54) is 109 Å². The van der Waals surface area contributed by atoms with Crippen molar-refractivity contribution in [2.24, 2.45) is 0 Å². The number of unbranched alkanes of at least 4 members (excludes halogenated alkanes) is 22. The first-order chi connectivity index (χ1) is 34.5. The number of allylic oxidation sites excluding steroid dienone is 18. The number of carbonyl (C=O) groups is 3. The van der Waals surface area contributed by atoms with Gasteiger partial charge in [-0.1, -0.05) is 252 Å². The van der Waals surface area contributed by atoms with Gasteiger partial charge in [-0.25, -0.2) is 0 Å². The molecule has 398 valence electrons. The summed E-state index contributed by atoms with van der Waals surface area (Å²) in [5.74, 6) is -1.01. The van der Waals surface area contributed by atoms with E-state index in [9.17, 15) is 14.4 Å². The third kappa shape index (κ3) is 55.0. The van der Waals surface area contributed by atoms with Crippen LogP contribution in [0.25, 0.3) is 0 Å². The first-order valence-electron chi connectivity index (χ1n) is 28.9. The molecular formula is C64H106O6. The van der Waals surface area contributed by atoms with Gasteiger partial charge in [-0.2, -0.15) is 0 Å². The number of hydrogen-bond acceptors (Lipinski definition) is 6. The highest BCUT2D eigenvalue weighted by atomic mass is 16.6. The maximum Gasteiger partial charge on any atom is 0.306 e. The van der Waals surface area contributed by atoms with E-state index in [1.54, 1.807) is 0 Å². The fourth-order valence-electron chi connectivity index (χ4n) is 7.71. The molecule has 0 aromatic carbocycles. The molecule has 6 nitrogen and oxygen atoms in total. The zero-order valence-electron chi connectivity index (χ0n) is 45.5. The average Bonchev–Trinajstić information content (AvgIpc) is 3.36. The monoisotopic (exact) mass is 971 g/mol. The standard InChI is InChI=1S/C64H106O6/c1-4-7-10-13-16-19-22-25-27-29-31-32-34-35-37-39-42-45-48-51-54-57-63(66)69-60-61(59-68-62(65)56-53-50-47-44-41-24-21-18-15-12-9-6-3)70-64(67)58-55-52-49-46-43-40-38-36-33-30-28-26-23-20-17-14-11-8-5-2/h8,11,17,20,22,25-26,28-29,31,33-36,40,43,49,52,61H,4-7,9-10,12-16,18-19,21,23-24,27,30,32,37-39,41-42,44-48,50-51,53-60H2,1-3H3/b11-8-,20-17-,25-22-,28-26-,31-29-,35-34-,36-33-,43-40-,52-49-. The SMILES string of the molecule is CC/C=C\C/C=C\C/C=C\C/C=C\C/C=C\C/C=C\CCC(=O)OC(COC(=O)CCCCCCCC/C=C\C/C=C\C/C=C\CCCCCCC)COC(=O)CCCCCCCCCCCCCC. The molecule has 1 atom stereocenters. The Bertz CT molecular complexity index is 1440. The van der Waals surface area contributed by atoms with E-state index in [1.807, 2.05) is 12.2 Å². The molecule has 0 aliphatic carbocycles. The van der Waals surface area contributed by atoms with Crippen LogP contribution in [-0.2, 0) is 28.6 Å². The van der Waals surface area contributed by atoms with Crippen LogP contribution in [0.5, 0.6) is 0 Å². The molecule has 0 saturated heterocycles. The minimum absolute atomic E-state index is 0.112. The molecule has 70 heavy (non-hydrogen) atoms. The summed E-state index contributed by atoms with van der Waals surface area (Å²) in [7, 11) is 0. The van der Waals surface area contributed by atoms with Crippen molar-refractivity contribution in [3.8, 4) is 0 Å². The molecule has 0 bridgehead atoms. The molecule has 0 radical (unpaired) electrons. The van der Waals surface area contributed by atoms with Crippen molar-refractivity contribution < 1.29 is 28.6 Å². The number of hydrogen-bond donors (Lipinski definition) is 0. The van der Waals surface area contributed by atoms with E-state index in [0.717, 1.165) is 103 Å². The summed E-state index contributed by atoms with van der Waals surface area (Å²) in [4.78, 5) is 38.1. The Labute approximate surface area is 431 Å². The molecule has 0 spiro atoms. The highest BCUT2D eigenvalue weighted by Crippen LogP contribution is 2.14. The van der Waals surface area contributed by atoms with Crippen LogP contribution in [0.2, 0.25) is 0 Å². The number of rotatable bonds is 51.